The third-order valence-corrected chi connectivity index (χ3v) is 6.91. The lowest BCUT2D eigenvalue weighted by molar-refractivity contribution is -0.127. The SMILES string of the molecule is CCCN(CCCN1CCCC1=O)CCC1C=CC=C(Oc2nc3ccccc3s2)C=C1. The Bertz CT molecular complexity index is 961. The number of nitrogens with zero attached hydrogens (tertiary/aromatic N) is 3. The second-order valence-corrected chi connectivity index (χ2v) is 9.49. The average molecular weight is 452 g/mol. The van der Waals surface area contributed by atoms with E-state index < -0.39 is 0 Å². The van der Waals surface area contributed by atoms with Gasteiger partial charge in [0, 0.05) is 19.5 Å². The fourth-order valence-electron chi connectivity index (χ4n) is 4.30. The lowest BCUT2D eigenvalue weighted by Crippen LogP contribution is -2.32. The van der Waals surface area contributed by atoms with Crippen molar-refractivity contribution in [2.45, 2.75) is 39.0 Å². The maximum Gasteiger partial charge on any atom is 0.279 e. The molecule has 0 bridgehead atoms. The first-order chi connectivity index (χ1) is 15.7. The highest BCUT2D eigenvalue weighted by Gasteiger charge is 2.19. The fraction of sp³-hybridized carbons (Fsp3) is 0.462. The number of hydrogen-bond acceptors (Lipinski definition) is 5. The number of para-hydroxylation sites is 1. The first-order valence-corrected chi connectivity index (χ1v) is 12.6. The van der Waals surface area contributed by atoms with Crippen LogP contribution in [0, 0.1) is 5.92 Å². The van der Waals surface area contributed by atoms with Gasteiger partial charge in [0.1, 0.15) is 5.76 Å². The van der Waals surface area contributed by atoms with Gasteiger partial charge in [-0.25, -0.2) is 4.98 Å². The van der Waals surface area contributed by atoms with Crippen LogP contribution in [-0.4, -0.2) is 53.4 Å². The minimum absolute atomic E-state index is 0.331. The number of rotatable bonds is 11. The van der Waals surface area contributed by atoms with Crippen molar-refractivity contribution in [2.75, 3.05) is 32.7 Å². The van der Waals surface area contributed by atoms with Gasteiger partial charge in [0.15, 0.2) is 0 Å². The van der Waals surface area contributed by atoms with E-state index in [1.807, 2.05) is 29.2 Å². The highest BCUT2D eigenvalue weighted by molar-refractivity contribution is 7.20. The molecule has 1 aliphatic carbocycles. The van der Waals surface area contributed by atoms with Crippen LogP contribution in [0.25, 0.3) is 10.2 Å². The Morgan fingerprint density at radius 2 is 2.12 bits per heavy atom. The molecule has 1 fully saturated rings. The number of thiazole rings is 1. The van der Waals surface area contributed by atoms with Gasteiger partial charge in [-0.3, -0.25) is 4.79 Å². The Kier molecular flexibility index (Phi) is 8.13. The molecule has 1 aliphatic heterocycles. The van der Waals surface area contributed by atoms with Crippen molar-refractivity contribution in [3.8, 4) is 5.19 Å². The molecule has 1 aromatic carbocycles. The van der Waals surface area contributed by atoms with Crippen LogP contribution in [0.5, 0.6) is 5.19 Å². The number of fused-ring (bicyclic) bond motifs is 1. The first kappa shape index (κ1) is 22.7. The van der Waals surface area contributed by atoms with E-state index in [1.165, 1.54) is 0 Å². The molecule has 0 radical (unpaired) electrons. The maximum atomic E-state index is 11.8. The van der Waals surface area contributed by atoms with Gasteiger partial charge in [0.2, 0.25) is 5.91 Å². The fourth-order valence-corrected chi connectivity index (χ4v) is 5.13. The zero-order valence-corrected chi connectivity index (χ0v) is 19.7. The molecule has 2 aliphatic rings. The van der Waals surface area contributed by atoms with Gasteiger partial charge in [0.05, 0.1) is 10.2 Å². The van der Waals surface area contributed by atoms with Gasteiger partial charge in [-0.15, -0.1) is 0 Å². The maximum absolute atomic E-state index is 11.8. The van der Waals surface area contributed by atoms with E-state index in [9.17, 15) is 4.79 Å². The summed E-state index contributed by atoms with van der Waals surface area (Å²) in [4.78, 5) is 20.9. The number of benzene rings is 1. The normalized spacial score (nSPS) is 18.6. The van der Waals surface area contributed by atoms with Crippen molar-refractivity contribution in [2.24, 2.45) is 5.92 Å². The predicted octanol–water partition coefficient (Wildman–Crippen LogP) is 5.42. The molecule has 0 spiro atoms. The number of carbonyl (C=O) groups excluding carboxylic acids is 1. The molecular formula is C26H33N3O2S. The number of hydrogen-bond donors (Lipinski definition) is 0. The highest BCUT2D eigenvalue weighted by atomic mass is 32.1. The molecule has 0 N–H and O–H groups in total. The van der Waals surface area contributed by atoms with Gasteiger partial charge >= 0.3 is 0 Å². The standard InChI is InChI=1S/C26H33N3O2S/c1-2-16-28(17-7-19-29-18-6-12-25(29)30)20-15-21-8-5-9-22(14-13-21)31-26-27-23-10-3-4-11-24(23)32-26/h3-5,8-11,13-14,21H,2,6-7,12,15-20H2,1H3. The molecule has 1 unspecified atom stereocenters. The van der Waals surface area contributed by atoms with Crippen molar-refractivity contribution in [3.63, 3.8) is 0 Å². The molecule has 0 saturated carbocycles. The summed E-state index contributed by atoms with van der Waals surface area (Å²) in [5, 5.41) is 0.680. The molecule has 4 rings (SSSR count). The number of aromatic nitrogens is 1. The lowest BCUT2D eigenvalue weighted by atomic mass is 10.0. The molecule has 1 amide bonds. The highest BCUT2D eigenvalue weighted by Crippen LogP contribution is 2.29. The van der Waals surface area contributed by atoms with Crippen molar-refractivity contribution in [1.82, 2.24) is 14.8 Å². The second-order valence-electron chi connectivity index (χ2n) is 8.49. The molecule has 1 atom stereocenters. The van der Waals surface area contributed by atoms with Crippen LogP contribution in [0.3, 0.4) is 0 Å². The van der Waals surface area contributed by atoms with Gasteiger partial charge in [0.25, 0.3) is 5.19 Å². The molecule has 2 heterocycles. The third-order valence-electron chi connectivity index (χ3n) is 6.00. The predicted molar refractivity (Wildman–Crippen MR) is 132 cm³/mol. The van der Waals surface area contributed by atoms with E-state index in [0.717, 1.165) is 80.8 Å². The minimum atomic E-state index is 0.331. The van der Waals surface area contributed by atoms with Crippen molar-refractivity contribution in [1.29, 1.82) is 0 Å². The summed E-state index contributed by atoms with van der Waals surface area (Å²) in [6.07, 6.45) is 15.7. The summed E-state index contributed by atoms with van der Waals surface area (Å²) in [5.41, 5.74) is 0.976. The molecular weight excluding hydrogens is 418 g/mol. The number of ether oxygens (including phenoxy) is 1. The molecule has 170 valence electrons. The van der Waals surface area contributed by atoms with E-state index in [2.05, 4.69) is 47.2 Å². The molecule has 5 nitrogen and oxygen atoms in total. The molecule has 32 heavy (non-hydrogen) atoms. The number of amides is 1. The van der Waals surface area contributed by atoms with Crippen LogP contribution in [0.4, 0.5) is 0 Å². The molecule has 1 saturated heterocycles. The van der Waals surface area contributed by atoms with E-state index in [1.54, 1.807) is 11.3 Å². The van der Waals surface area contributed by atoms with Crippen molar-refractivity contribution >= 4 is 27.5 Å². The topological polar surface area (TPSA) is 45.7 Å². The van der Waals surface area contributed by atoms with Crippen molar-refractivity contribution in [3.05, 3.63) is 60.4 Å². The molecule has 2 aromatic rings. The first-order valence-electron chi connectivity index (χ1n) is 11.8. The van der Waals surface area contributed by atoms with Crippen LogP contribution in [0.1, 0.15) is 39.0 Å². The van der Waals surface area contributed by atoms with Crippen LogP contribution >= 0.6 is 11.3 Å². The van der Waals surface area contributed by atoms with E-state index in [0.29, 0.717) is 17.0 Å². The average Bonchev–Trinajstić information content (AvgIpc) is 3.32. The Balaban J connectivity index is 1.24. The zero-order chi connectivity index (χ0) is 22.2. The molecule has 6 heteroatoms. The monoisotopic (exact) mass is 451 g/mol. The van der Waals surface area contributed by atoms with Gasteiger partial charge in [-0.2, -0.15) is 0 Å². The zero-order valence-electron chi connectivity index (χ0n) is 18.9. The lowest BCUT2D eigenvalue weighted by Gasteiger charge is -2.24. The van der Waals surface area contributed by atoms with Gasteiger partial charge < -0.3 is 14.5 Å². The Morgan fingerprint density at radius 1 is 1.22 bits per heavy atom. The number of likely N-dealkylation sites (tertiary alicyclic amines) is 1. The van der Waals surface area contributed by atoms with Crippen LogP contribution in [0.2, 0.25) is 0 Å². The largest absolute Gasteiger partial charge is 0.431 e. The Hall–Kier alpha value is -2.44. The summed E-state index contributed by atoms with van der Waals surface area (Å²) in [5.74, 6) is 1.54. The number of carbonyl (C=O) groups is 1. The van der Waals surface area contributed by atoms with E-state index in [-0.39, 0.29) is 0 Å². The Morgan fingerprint density at radius 3 is 2.94 bits per heavy atom. The summed E-state index contributed by atoms with van der Waals surface area (Å²) < 4.78 is 7.17. The summed E-state index contributed by atoms with van der Waals surface area (Å²) in [6, 6.07) is 8.10. The third kappa shape index (κ3) is 6.30. The summed E-state index contributed by atoms with van der Waals surface area (Å²) in [6.45, 7) is 7.31. The second kappa shape index (κ2) is 11.4. The molecule has 1 aromatic heterocycles. The quantitative estimate of drug-likeness (QED) is 0.458. The summed E-state index contributed by atoms with van der Waals surface area (Å²) in [7, 11) is 0. The smallest absolute Gasteiger partial charge is 0.279 e. The van der Waals surface area contributed by atoms with Crippen LogP contribution in [0.15, 0.2) is 60.4 Å². The Labute approximate surface area is 195 Å². The van der Waals surface area contributed by atoms with Gasteiger partial charge in [-0.1, -0.05) is 48.6 Å². The van der Waals surface area contributed by atoms with Crippen molar-refractivity contribution < 1.29 is 9.53 Å². The van der Waals surface area contributed by atoms with Crippen LogP contribution < -0.4 is 4.74 Å². The van der Waals surface area contributed by atoms with Gasteiger partial charge in [-0.05, 0) is 75.5 Å². The van der Waals surface area contributed by atoms with E-state index in [4.69, 9.17) is 4.74 Å². The number of allylic oxidation sites excluding steroid dienone is 5. The minimum Gasteiger partial charge on any atom is -0.431 e. The summed E-state index contributed by atoms with van der Waals surface area (Å²) >= 11 is 1.57. The van der Waals surface area contributed by atoms with Crippen LogP contribution in [-0.2, 0) is 4.79 Å². The van der Waals surface area contributed by atoms with E-state index >= 15 is 0 Å².